The maximum Gasteiger partial charge on any atom is 0.421 e. The summed E-state index contributed by atoms with van der Waals surface area (Å²) in [6.07, 6.45) is -3.83. The predicted octanol–water partition coefficient (Wildman–Crippen LogP) is -0.605. The van der Waals surface area contributed by atoms with Crippen LogP contribution in [0.15, 0.2) is 12.3 Å². The summed E-state index contributed by atoms with van der Waals surface area (Å²) in [5.41, 5.74) is -1.11. The van der Waals surface area contributed by atoms with Gasteiger partial charge in [0.15, 0.2) is 0 Å². The average Bonchev–Trinajstić information content (AvgIpc) is 2.94. The van der Waals surface area contributed by atoms with Crippen molar-refractivity contribution in [2.45, 2.75) is 30.7 Å². The molecule has 14 heteroatoms. The zero-order valence-corrected chi connectivity index (χ0v) is 18.0. The molecule has 2 N–H and O–H groups in total. The van der Waals surface area contributed by atoms with Crippen molar-refractivity contribution in [1.29, 1.82) is 0 Å². The normalized spacial score (nSPS) is 25.1. The SMILES string of the molecule is BC(B)(B)n1nc([C@]23C(=O)OCC2[C@H]3C)cc1Nc1ncc(C(F)(F)F)c(NCC)n1. The molecule has 0 radical (unpaired) electrons. The van der Waals surface area contributed by atoms with Crippen molar-refractivity contribution in [3.63, 3.8) is 0 Å². The van der Waals surface area contributed by atoms with Gasteiger partial charge >= 0.3 is 12.1 Å². The molecule has 1 aliphatic carbocycles. The first-order chi connectivity index (χ1) is 14.4. The highest BCUT2D eigenvalue weighted by Crippen LogP contribution is 2.63. The van der Waals surface area contributed by atoms with Gasteiger partial charge in [0.1, 0.15) is 46.2 Å². The maximum absolute atomic E-state index is 13.2. The molecule has 0 bridgehead atoms. The lowest BCUT2D eigenvalue weighted by Gasteiger charge is -2.23. The quantitative estimate of drug-likeness (QED) is 0.466. The standard InChI is InChI=1S/C17H22B3F3N6O2/c1-3-24-12-8(16(21,22)23)5-25-14(27-12)26-11-4-10(28-29(11)17(18,19)20)15-7(2)9(15)6-31-13(15)30/h4-5,7,9H,3,6,18-20H2,1-2H3,(H2,24,25,26,27)/t7-,9?,15-/m1/s1. The van der Waals surface area contributed by atoms with E-state index < -0.39 is 22.4 Å². The molecule has 162 valence electrons. The van der Waals surface area contributed by atoms with Gasteiger partial charge in [-0.05, 0) is 18.1 Å². The number of aromatic nitrogens is 4. The molecule has 2 aliphatic rings. The van der Waals surface area contributed by atoms with Gasteiger partial charge in [0.05, 0.1) is 12.3 Å². The van der Waals surface area contributed by atoms with E-state index in [-0.39, 0.29) is 36.1 Å². The number of rotatable bonds is 6. The number of alkyl halides is 3. The third kappa shape index (κ3) is 3.36. The fourth-order valence-corrected chi connectivity index (χ4v) is 4.33. The number of ether oxygens (including phenoxy) is 1. The van der Waals surface area contributed by atoms with E-state index in [9.17, 15) is 18.0 Å². The van der Waals surface area contributed by atoms with E-state index in [0.29, 0.717) is 18.1 Å². The summed E-state index contributed by atoms with van der Waals surface area (Å²) in [6.45, 7) is 4.33. The Morgan fingerprint density at radius 1 is 1.35 bits per heavy atom. The molecule has 3 atom stereocenters. The molecule has 1 saturated heterocycles. The second-order valence-electron chi connectivity index (χ2n) is 8.97. The number of hydrogen-bond donors (Lipinski definition) is 2. The summed E-state index contributed by atoms with van der Waals surface area (Å²) in [5.74, 6) is 0.0922. The molecule has 0 amide bonds. The van der Waals surface area contributed by atoms with Crippen LogP contribution in [0.25, 0.3) is 0 Å². The predicted molar refractivity (Wildman–Crippen MR) is 116 cm³/mol. The lowest BCUT2D eigenvalue weighted by atomic mass is 9.49. The fraction of sp³-hybridized carbons (Fsp3) is 0.529. The van der Waals surface area contributed by atoms with Gasteiger partial charge in [-0.1, -0.05) is 6.92 Å². The minimum absolute atomic E-state index is 0.00667. The molecule has 31 heavy (non-hydrogen) atoms. The first kappa shape index (κ1) is 21.6. The highest BCUT2D eigenvalue weighted by Gasteiger charge is 2.74. The molecule has 0 aromatic carbocycles. The van der Waals surface area contributed by atoms with E-state index in [1.165, 1.54) is 0 Å². The van der Waals surface area contributed by atoms with E-state index >= 15 is 0 Å². The number of esters is 1. The number of cyclic esters (lactones) is 1. The molecule has 1 saturated carbocycles. The molecule has 4 rings (SSSR count). The average molecular weight is 432 g/mol. The summed E-state index contributed by atoms with van der Waals surface area (Å²) >= 11 is 0. The molecule has 2 aromatic heterocycles. The zero-order valence-electron chi connectivity index (χ0n) is 18.0. The molecule has 2 aromatic rings. The second kappa shape index (κ2) is 6.93. The molecule has 2 fully saturated rings. The van der Waals surface area contributed by atoms with Crippen molar-refractivity contribution in [3.05, 3.63) is 23.5 Å². The largest absolute Gasteiger partial charge is 0.465 e. The van der Waals surface area contributed by atoms with Crippen LogP contribution in [0.4, 0.5) is 30.8 Å². The zero-order chi connectivity index (χ0) is 22.8. The summed E-state index contributed by atoms with van der Waals surface area (Å²) in [6, 6.07) is 1.74. The highest BCUT2D eigenvalue weighted by atomic mass is 19.4. The Hall–Kier alpha value is -2.66. The van der Waals surface area contributed by atoms with Crippen molar-refractivity contribution in [3.8, 4) is 0 Å². The van der Waals surface area contributed by atoms with Gasteiger partial charge in [-0.2, -0.15) is 23.3 Å². The van der Waals surface area contributed by atoms with Crippen molar-refractivity contribution in [2.75, 3.05) is 23.8 Å². The Morgan fingerprint density at radius 2 is 2.06 bits per heavy atom. The van der Waals surface area contributed by atoms with Crippen LogP contribution in [0, 0.1) is 11.8 Å². The minimum atomic E-state index is -4.57. The molecule has 1 aliphatic heterocycles. The van der Waals surface area contributed by atoms with Gasteiger partial charge in [0, 0.05) is 24.7 Å². The number of hydrogen-bond acceptors (Lipinski definition) is 7. The smallest absolute Gasteiger partial charge is 0.421 e. The van der Waals surface area contributed by atoms with Crippen LogP contribution < -0.4 is 10.6 Å². The highest BCUT2D eigenvalue weighted by molar-refractivity contribution is 6.56. The van der Waals surface area contributed by atoms with Gasteiger partial charge in [0.25, 0.3) is 0 Å². The van der Waals surface area contributed by atoms with E-state index in [4.69, 9.17) is 9.84 Å². The first-order valence-electron chi connectivity index (χ1n) is 10.1. The third-order valence-corrected chi connectivity index (χ3v) is 5.98. The monoisotopic (exact) mass is 432 g/mol. The summed E-state index contributed by atoms with van der Waals surface area (Å²) in [7, 11) is 5.81. The van der Waals surface area contributed by atoms with Crippen molar-refractivity contribution in [1.82, 2.24) is 19.7 Å². The van der Waals surface area contributed by atoms with Crippen LogP contribution in [-0.4, -0.2) is 62.4 Å². The molecule has 0 spiro atoms. The second-order valence-corrected chi connectivity index (χ2v) is 8.97. The van der Waals surface area contributed by atoms with Crippen LogP contribution in [0.3, 0.4) is 0 Å². The molecular formula is C17H22B3F3N6O2. The van der Waals surface area contributed by atoms with Crippen LogP contribution in [0.5, 0.6) is 0 Å². The van der Waals surface area contributed by atoms with E-state index in [1.54, 1.807) is 17.7 Å². The topological polar surface area (TPSA) is 94.0 Å². The maximum atomic E-state index is 13.2. The summed E-state index contributed by atoms with van der Waals surface area (Å²) < 4.78 is 46.7. The number of nitrogens with zero attached hydrogens (tertiary/aromatic N) is 4. The van der Waals surface area contributed by atoms with Gasteiger partial charge in [-0.3, -0.25) is 9.48 Å². The molecule has 1 unspecified atom stereocenters. The Labute approximate surface area is 179 Å². The van der Waals surface area contributed by atoms with Gasteiger partial charge in [-0.25, -0.2) is 4.98 Å². The molecular weight excluding hydrogens is 410 g/mol. The van der Waals surface area contributed by atoms with Crippen LogP contribution in [0.2, 0.25) is 0 Å². The number of halogens is 3. The fourth-order valence-electron chi connectivity index (χ4n) is 4.33. The number of nitrogens with one attached hydrogen (secondary N) is 2. The molecule has 3 heterocycles. The van der Waals surface area contributed by atoms with Gasteiger partial charge in [-0.15, -0.1) is 0 Å². The molecule has 8 nitrogen and oxygen atoms in total. The lowest BCUT2D eigenvalue weighted by Crippen LogP contribution is -2.37. The van der Waals surface area contributed by atoms with Gasteiger partial charge in [0.2, 0.25) is 5.95 Å². The van der Waals surface area contributed by atoms with Crippen LogP contribution >= 0.6 is 0 Å². The summed E-state index contributed by atoms with van der Waals surface area (Å²) in [4.78, 5) is 20.4. The first-order valence-corrected chi connectivity index (χ1v) is 10.1. The minimum Gasteiger partial charge on any atom is -0.465 e. The number of carbonyl (C=O) groups is 1. The Morgan fingerprint density at radius 3 is 2.61 bits per heavy atom. The van der Waals surface area contributed by atoms with Crippen molar-refractivity contribution < 1.29 is 22.7 Å². The van der Waals surface area contributed by atoms with E-state index in [2.05, 4.69) is 20.6 Å². The van der Waals surface area contributed by atoms with E-state index in [1.807, 2.05) is 30.5 Å². The van der Waals surface area contributed by atoms with Crippen molar-refractivity contribution in [2.24, 2.45) is 11.8 Å². The summed E-state index contributed by atoms with van der Waals surface area (Å²) in [5, 5.41) is 9.84. The Bertz CT molecular complexity index is 1040. The van der Waals surface area contributed by atoms with E-state index in [0.717, 1.165) is 6.20 Å². The number of fused-ring (bicyclic) bond motifs is 1. The van der Waals surface area contributed by atoms with Crippen LogP contribution in [-0.2, 0) is 26.4 Å². The lowest BCUT2D eigenvalue weighted by molar-refractivity contribution is -0.143. The Balaban J connectivity index is 1.73. The number of carbonyl (C=O) groups excluding carboxylic acids is 1. The van der Waals surface area contributed by atoms with Crippen molar-refractivity contribution >= 4 is 47.1 Å². The van der Waals surface area contributed by atoms with Crippen LogP contribution in [0.1, 0.15) is 25.1 Å². The third-order valence-electron chi connectivity index (χ3n) is 5.98. The van der Waals surface area contributed by atoms with Gasteiger partial charge < -0.3 is 15.4 Å². The Kier molecular flexibility index (Phi) is 4.82. The number of anilines is 3.